The summed E-state index contributed by atoms with van der Waals surface area (Å²) < 4.78 is 5.27. The molecule has 0 amide bonds. The number of ether oxygens (including phenoxy) is 1. The molecule has 0 aliphatic rings. The molecule has 1 aromatic heterocycles. The topological polar surface area (TPSA) is 39.2 Å². The van der Waals surface area contributed by atoms with Gasteiger partial charge in [-0.15, -0.1) is 0 Å². The average molecular weight is 376 g/mol. The van der Waals surface area contributed by atoms with Crippen molar-refractivity contribution in [1.82, 2.24) is 4.98 Å². The Morgan fingerprint density at radius 1 is 0.963 bits per heavy atom. The maximum Gasteiger partial charge on any atom is 0.306 e. The molecular weight excluding hydrogens is 334 g/mol. The lowest BCUT2D eigenvalue weighted by molar-refractivity contribution is -0.145. The highest BCUT2D eigenvalue weighted by molar-refractivity contribution is 5.69. The van der Waals surface area contributed by atoms with Crippen molar-refractivity contribution >= 4 is 5.97 Å². The van der Waals surface area contributed by atoms with E-state index in [1.54, 1.807) is 12.4 Å². The summed E-state index contributed by atoms with van der Waals surface area (Å²) in [6, 6.07) is 3.78. The standard InChI is InChI=1S/C24H41NO2/c1-3-4-5-8-11-15-22(2)16-12-9-6-7-10-13-18-24(26)27-21-23-17-14-19-25-20-23/h14,17,19-20,22H,3-13,15-16,18,21H2,1-2H3. The molecule has 0 saturated heterocycles. The van der Waals surface area contributed by atoms with Crippen molar-refractivity contribution in [2.45, 2.75) is 110 Å². The Kier molecular flexibility index (Phi) is 14.7. The van der Waals surface area contributed by atoms with Crippen molar-refractivity contribution < 1.29 is 9.53 Å². The van der Waals surface area contributed by atoms with Gasteiger partial charge < -0.3 is 4.74 Å². The molecule has 0 fully saturated rings. The summed E-state index contributed by atoms with van der Waals surface area (Å²) in [5, 5.41) is 0. The Morgan fingerprint density at radius 3 is 2.22 bits per heavy atom. The fourth-order valence-corrected chi connectivity index (χ4v) is 3.43. The molecule has 1 aromatic rings. The molecule has 0 N–H and O–H groups in total. The van der Waals surface area contributed by atoms with Gasteiger partial charge in [0.1, 0.15) is 6.61 Å². The average Bonchev–Trinajstić information content (AvgIpc) is 2.69. The van der Waals surface area contributed by atoms with Crippen molar-refractivity contribution in [3.8, 4) is 0 Å². The second-order valence-electron chi connectivity index (χ2n) is 7.99. The van der Waals surface area contributed by atoms with E-state index in [1.807, 2.05) is 12.1 Å². The van der Waals surface area contributed by atoms with Gasteiger partial charge in [0.15, 0.2) is 0 Å². The number of pyridine rings is 1. The van der Waals surface area contributed by atoms with Crippen molar-refractivity contribution in [3.63, 3.8) is 0 Å². The zero-order chi connectivity index (χ0) is 19.6. The minimum absolute atomic E-state index is 0.0911. The zero-order valence-electron chi connectivity index (χ0n) is 17.8. The minimum Gasteiger partial charge on any atom is -0.461 e. The third-order valence-corrected chi connectivity index (χ3v) is 5.25. The number of nitrogens with zero attached hydrogens (tertiary/aromatic N) is 1. The highest BCUT2D eigenvalue weighted by atomic mass is 16.5. The molecule has 154 valence electrons. The monoisotopic (exact) mass is 375 g/mol. The number of hydrogen-bond acceptors (Lipinski definition) is 3. The molecule has 1 unspecified atom stereocenters. The molecular formula is C24H41NO2. The number of aromatic nitrogens is 1. The van der Waals surface area contributed by atoms with Crippen LogP contribution in [0.3, 0.4) is 0 Å². The van der Waals surface area contributed by atoms with Gasteiger partial charge in [0.2, 0.25) is 0 Å². The summed E-state index contributed by atoms with van der Waals surface area (Å²) in [7, 11) is 0. The number of rotatable bonds is 17. The number of esters is 1. The molecule has 1 atom stereocenters. The highest BCUT2D eigenvalue weighted by Gasteiger charge is 2.04. The third kappa shape index (κ3) is 14.4. The van der Waals surface area contributed by atoms with Crippen molar-refractivity contribution in [2.75, 3.05) is 0 Å². The molecule has 1 heterocycles. The predicted molar refractivity (Wildman–Crippen MR) is 114 cm³/mol. The number of carbonyl (C=O) groups excluding carboxylic acids is 1. The van der Waals surface area contributed by atoms with Gasteiger partial charge in [-0.25, -0.2) is 0 Å². The van der Waals surface area contributed by atoms with Gasteiger partial charge in [-0.1, -0.05) is 97.0 Å². The second-order valence-corrected chi connectivity index (χ2v) is 7.99. The van der Waals surface area contributed by atoms with Crippen LogP contribution >= 0.6 is 0 Å². The molecule has 3 heteroatoms. The Bertz CT molecular complexity index is 461. The molecule has 3 nitrogen and oxygen atoms in total. The third-order valence-electron chi connectivity index (χ3n) is 5.25. The van der Waals surface area contributed by atoms with E-state index < -0.39 is 0 Å². The number of hydrogen-bond donors (Lipinski definition) is 0. The maximum absolute atomic E-state index is 11.7. The van der Waals surface area contributed by atoms with E-state index in [0.29, 0.717) is 13.0 Å². The second kappa shape index (κ2) is 16.8. The van der Waals surface area contributed by atoms with Crippen LogP contribution in [0.1, 0.15) is 109 Å². The van der Waals surface area contributed by atoms with Crippen LogP contribution in [-0.2, 0) is 16.1 Å². The van der Waals surface area contributed by atoms with Gasteiger partial charge in [-0.2, -0.15) is 0 Å². The van der Waals surface area contributed by atoms with Crippen LogP contribution in [0.5, 0.6) is 0 Å². The van der Waals surface area contributed by atoms with Gasteiger partial charge in [-0.05, 0) is 18.4 Å². The molecule has 0 aliphatic heterocycles. The van der Waals surface area contributed by atoms with Crippen LogP contribution in [0.25, 0.3) is 0 Å². The molecule has 0 saturated carbocycles. The quantitative estimate of drug-likeness (QED) is 0.213. The minimum atomic E-state index is -0.0911. The van der Waals surface area contributed by atoms with Crippen LogP contribution in [0.4, 0.5) is 0 Å². The smallest absolute Gasteiger partial charge is 0.306 e. The van der Waals surface area contributed by atoms with E-state index >= 15 is 0 Å². The van der Waals surface area contributed by atoms with Crippen LogP contribution in [0, 0.1) is 5.92 Å². The van der Waals surface area contributed by atoms with Crippen molar-refractivity contribution in [3.05, 3.63) is 30.1 Å². The Morgan fingerprint density at radius 2 is 1.59 bits per heavy atom. The first-order chi connectivity index (χ1) is 13.2. The first-order valence-corrected chi connectivity index (χ1v) is 11.3. The van der Waals surface area contributed by atoms with Crippen LogP contribution in [0.15, 0.2) is 24.5 Å². The van der Waals surface area contributed by atoms with Gasteiger partial charge >= 0.3 is 5.97 Å². The molecule has 1 rings (SSSR count). The lowest BCUT2D eigenvalue weighted by Gasteiger charge is -2.11. The Labute approximate surface area is 167 Å². The van der Waals surface area contributed by atoms with E-state index in [9.17, 15) is 4.79 Å². The van der Waals surface area contributed by atoms with E-state index in [4.69, 9.17) is 4.74 Å². The Balaban J connectivity index is 1.85. The zero-order valence-corrected chi connectivity index (χ0v) is 17.8. The number of unbranched alkanes of at least 4 members (excludes halogenated alkanes) is 9. The Hall–Kier alpha value is -1.38. The van der Waals surface area contributed by atoms with Gasteiger partial charge in [0.25, 0.3) is 0 Å². The largest absolute Gasteiger partial charge is 0.461 e. The van der Waals surface area contributed by atoms with Crippen molar-refractivity contribution in [1.29, 1.82) is 0 Å². The van der Waals surface area contributed by atoms with E-state index in [-0.39, 0.29) is 5.97 Å². The molecule has 27 heavy (non-hydrogen) atoms. The van der Waals surface area contributed by atoms with Gasteiger partial charge in [0.05, 0.1) is 0 Å². The molecule has 0 radical (unpaired) electrons. The lowest BCUT2D eigenvalue weighted by Crippen LogP contribution is -2.04. The van der Waals surface area contributed by atoms with Gasteiger partial charge in [0, 0.05) is 24.4 Å². The SMILES string of the molecule is CCCCCCCC(C)CCCCCCCCC(=O)OCc1cccnc1. The van der Waals surface area contributed by atoms with E-state index in [2.05, 4.69) is 18.8 Å². The summed E-state index contributed by atoms with van der Waals surface area (Å²) in [6.07, 6.45) is 21.1. The fraction of sp³-hybridized carbons (Fsp3) is 0.750. The maximum atomic E-state index is 11.7. The highest BCUT2D eigenvalue weighted by Crippen LogP contribution is 2.18. The van der Waals surface area contributed by atoms with Crippen LogP contribution in [0.2, 0.25) is 0 Å². The van der Waals surface area contributed by atoms with E-state index in [1.165, 1.54) is 70.6 Å². The molecule has 0 bridgehead atoms. The molecule has 0 spiro atoms. The van der Waals surface area contributed by atoms with E-state index in [0.717, 1.165) is 24.3 Å². The summed E-state index contributed by atoms with van der Waals surface area (Å²) in [5.74, 6) is 0.799. The summed E-state index contributed by atoms with van der Waals surface area (Å²) in [5.41, 5.74) is 0.945. The van der Waals surface area contributed by atoms with Crippen LogP contribution in [-0.4, -0.2) is 11.0 Å². The van der Waals surface area contributed by atoms with Crippen molar-refractivity contribution in [2.24, 2.45) is 5.92 Å². The summed E-state index contributed by atoms with van der Waals surface area (Å²) >= 11 is 0. The van der Waals surface area contributed by atoms with Crippen LogP contribution < -0.4 is 0 Å². The summed E-state index contributed by atoms with van der Waals surface area (Å²) in [4.78, 5) is 15.7. The van der Waals surface area contributed by atoms with Gasteiger partial charge in [-0.3, -0.25) is 9.78 Å². The number of carbonyl (C=O) groups is 1. The molecule has 0 aliphatic carbocycles. The lowest BCUT2D eigenvalue weighted by atomic mass is 9.96. The predicted octanol–water partition coefficient (Wildman–Crippen LogP) is 7.24. The fourth-order valence-electron chi connectivity index (χ4n) is 3.43. The summed E-state index contributed by atoms with van der Waals surface area (Å²) in [6.45, 7) is 5.03. The normalized spacial score (nSPS) is 12.1. The molecule has 0 aromatic carbocycles. The first kappa shape index (κ1) is 23.7. The first-order valence-electron chi connectivity index (χ1n) is 11.3.